The molecule has 2 heterocycles. The molecule has 8 heteroatoms. The summed E-state index contributed by atoms with van der Waals surface area (Å²) in [7, 11) is 0. The first-order valence-corrected chi connectivity index (χ1v) is 10.7. The van der Waals surface area contributed by atoms with Crippen molar-refractivity contribution in [2.24, 2.45) is 11.7 Å². The Hall–Kier alpha value is -2.48. The van der Waals surface area contributed by atoms with Crippen LogP contribution in [0.25, 0.3) is 11.0 Å². The fourth-order valence-corrected chi connectivity index (χ4v) is 5.08. The van der Waals surface area contributed by atoms with E-state index in [0.29, 0.717) is 37.3 Å². The number of carbonyl (C=O) groups excluding carboxylic acids is 2. The smallest absolute Gasteiger partial charge is 0.271 e. The highest BCUT2D eigenvalue weighted by molar-refractivity contribution is 6.08. The largest absolute Gasteiger partial charge is 0.372 e. The van der Waals surface area contributed by atoms with Crippen LogP contribution in [0.3, 0.4) is 0 Å². The van der Waals surface area contributed by atoms with Gasteiger partial charge in [-0.1, -0.05) is 37.3 Å². The number of halogens is 1. The number of carbonyl (C=O) groups is 2. The number of nitrogens with zero attached hydrogens (tertiary/aromatic N) is 2. The lowest BCUT2D eigenvalue weighted by Crippen LogP contribution is -2.46. The minimum Gasteiger partial charge on any atom is -0.372 e. The molecule has 7 nitrogen and oxygen atoms in total. The Kier molecular flexibility index (Phi) is 5.77. The van der Waals surface area contributed by atoms with E-state index in [1.54, 1.807) is 0 Å². The van der Waals surface area contributed by atoms with Gasteiger partial charge in [-0.25, -0.2) is 4.39 Å². The maximum Gasteiger partial charge on any atom is 0.271 e. The summed E-state index contributed by atoms with van der Waals surface area (Å²) < 4.78 is 26.7. The Morgan fingerprint density at radius 1 is 1.23 bits per heavy atom. The fourth-order valence-electron chi connectivity index (χ4n) is 5.08. The first-order valence-electron chi connectivity index (χ1n) is 10.7. The predicted molar refractivity (Wildman–Crippen MR) is 110 cm³/mol. The number of primary amides is 1. The van der Waals surface area contributed by atoms with Gasteiger partial charge in [0.15, 0.2) is 17.8 Å². The summed E-state index contributed by atoms with van der Waals surface area (Å²) in [6, 6.07) is 0. The molecule has 2 N–H and O–H groups in total. The normalized spacial score (nSPS) is 23.1. The highest BCUT2D eigenvalue weighted by Crippen LogP contribution is 2.40. The SMILES string of the molecule is C[C@@H]1CN(c2c(C=O)c(CC3CCCCC3)c3c(C(N)=O)noc3c2F)C[C@H](C)O1. The number of aromatic nitrogens is 1. The van der Waals surface area contributed by atoms with Gasteiger partial charge in [-0.2, -0.15) is 0 Å². The molecule has 1 aliphatic heterocycles. The Morgan fingerprint density at radius 2 is 1.90 bits per heavy atom. The van der Waals surface area contributed by atoms with Crippen LogP contribution >= 0.6 is 0 Å². The van der Waals surface area contributed by atoms with Crippen LogP contribution in [0.5, 0.6) is 0 Å². The van der Waals surface area contributed by atoms with Crippen molar-refractivity contribution in [1.82, 2.24) is 5.16 Å². The van der Waals surface area contributed by atoms with E-state index >= 15 is 4.39 Å². The monoisotopic (exact) mass is 417 g/mol. The Labute approximate surface area is 174 Å². The van der Waals surface area contributed by atoms with Gasteiger partial charge < -0.3 is 19.9 Å². The van der Waals surface area contributed by atoms with Gasteiger partial charge in [0.25, 0.3) is 5.91 Å². The van der Waals surface area contributed by atoms with Gasteiger partial charge in [-0.15, -0.1) is 0 Å². The maximum atomic E-state index is 15.7. The third-order valence-corrected chi connectivity index (χ3v) is 6.29. The molecule has 2 aliphatic rings. The number of benzene rings is 1. The van der Waals surface area contributed by atoms with Crippen LogP contribution in [0.2, 0.25) is 0 Å². The van der Waals surface area contributed by atoms with E-state index in [1.807, 2.05) is 18.7 Å². The molecule has 162 valence electrons. The molecule has 0 spiro atoms. The quantitative estimate of drug-likeness (QED) is 0.746. The summed E-state index contributed by atoms with van der Waals surface area (Å²) in [6.07, 6.45) is 6.57. The molecular formula is C22H28FN3O4. The van der Waals surface area contributed by atoms with Crippen molar-refractivity contribution in [3.05, 3.63) is 22.6 Å². The van der Waals surface area contributed by atoms with Crippen LogP contribution in [0.15, 0.2) is 4.52 Å². The van der Waals surface area contributed by atoms with E-state index in [0.717, 1.165) is 25.7 Å². The Bertz CT molecular complexity index is 957. The molecule has 4 rings (SSSR count). The number of rotatable bonds is 5. The van der Waals surface area contributed by atoms with Gasteiger partial charge in [-0.05, 0) is 31.7 Å². The maximum absolute atomic E-state index is 15.7. The molecule has 1 saturated carbocycles. The predicted octanol–water partition coefficient (Wildman–Crippen LogP) is 3.61. The van der Waals surface area contributed by atoms with Crippen molar-refractivity contribution in [1.29, 1.82) is 0 Å². The van der Waals surface area contributed by atoms with Gasteiger partial charge in [-0.3, -0.25) is 9.59 Å². The van der Waals surface area contributed by atoms with Crippen molar-refractivity contribution in [3.8, 4) is 0 Å². The molecule has 1 aromatic heterocycles. The molecule has 0 bridgehead atoms. The summed E-state index contributed by atoms with van der Waals surface area (Å²) in [5.74, 6) is -1.12. The zero-order valence-corrected chi connectivity index (χ0v) is 17.4. The van der Waals surface area contributed by atoms with Gasteiger partial charge in [0.05, 0.1) is 23.3 Å². The second-order valence-corrected chi connectivity index (χ2v) is 8.64. The number of ether oxygens (including phenoxy) is 1. The zero-order valence-electron chi connectivity index (χ0n) is 17.4. The Morgan fingerprint density at radius 3 is 2.50 bits per heavy atom. The molecule has 1 amide bonds. The molecule has 0 radical (unpaired) electrons. The van der Waals surface area contributed by atoms with Crippen LogP contribution in [-0.2, 0) is 11.2 Å². The molecule has 0 unspecified atom stereocenters. The van der Waals surface area contributed by atoms with Crippen molar-refractivity contribution in [3.63, 3.8) is 0 Å². The number of anilines is 1. The van der Waals surface area contributed by atoms with Gasteiger partial charge in [0.2, 0.25) is 5.58 Å². The van der Waals surface area contributed by atoms with E-state index in [9.17, 15) is 9.59 Å². The van der Waals surface area contributed by atoms with Crippen LogP contribution in [0, 0.1) is 11.7 Å². The first kappa shape index (κ1) is 20.8. The summed E-state index contributed by atoms with van der Waals surface area (Å²) in [5.41, 5.74) is 6.34. The average molecular weight is 417 g/mol. The number of morpholine rings is 1. The number of aldehydes is 1. The number of hydrogen-bond donors (Lipinski definition) is 1. The van der Waals surface area contributed by atoms with Crippen LogP contribution in [0.1, 0.15) is 72.4 Å². The average Bonchev–Trinajstić information content (AvgIpc) is 3.15. The van der Waals surface area contributed by atoms with E-state index < -0.39 is 11.7 Å². The highest BCUT2D eigenvalue weighted by atomic mass is 19.1. The first-order chi connectivity index (χ1) is 14.4. The Balaban J connectivity index is 1.92. The topological polar surface area (TPSA) is 98.7 Å². The zero-order chi connectivity index (χ0) is 21.4. The molecule has 1 aliphatic carbocycles. The van der Waals surface area contributed by atoms with Crippen LogP contribution in [-0.4, -0.2) is 42.6 Å². The standard InChI is InChI=1S/C22H28FN3O4/c1-12-9-26(10-13(2)29-12)20-16(11-27)15(8-14-6-4-3-5-7-14)17-19(22(24)28)25-30-21(17)18(20)23/h11-14H,3-10H2,1-2H3,(H2,24,28)/t12-,13+. The van der Waals surface area contributed by atoms with Crippen molar-refractivity contribution in [2.75, 3.05) is 18.0 Å². The van der Waals surface area contributed by atoms with Crippen molar-refractivity contribution in [2.45, 2.75) is 64.6 Å². The molecule has 2 fully saturated rings. The number of fused-ring (bicyclic) bond motifs is 1. The summed E-state index contributed by atoms with van der Waals surface area (Å²) >= 11 is 0. The third-order valence-electron chi connectivity index (χ3n) is 6.29. The third kappa shape index (κ3) is 3.69. The van der Waals surface area contributed by atoms with E-state index in [-0.39, 0.29) is 40.1 Å². The van der Waals surface area contributed by atoms with E-state index in [2.05, 4.69) is 5.16 Å². The lowest BCUT2D eigenvalue weighted by atomic mass is 9.82. The van der Waals surface area contributed by atoms with E-state index in [1.165, 1.54) is 6.42 Å². The minimum absolute atomic E-state index is 0.109. The molecule has 2 atom stereocenters. The number of amides is 1. The second kappa shape index (κ2) is 8.34. The van der Waals surface area contributed by atoms with Gasteiger partial charge in [0.1, 0.15) is 0 Å². The van der Waals surface area contributed by atoms with Crippen LogP contribution in [0.4, 0.5) is 10.1 Å². The fraction of sp³-hybridized carbons (Fsp3) is 0.591. The summed E-state index contributed by atoms with van der Waals surface area (Å²) in [6.45, 7) is 4.74. The lowest BCUT2D eigenvalue weighted by molar-refractivity contribution is -0.00543. The van der Waals surface area contributed by atoms with E-state index in [4.69, 9.17) is 15.0 Å². The number of nitrogens with two attached hydrogens (primary N) is 1. The molecule has 1 aromatic carbocycles. The molecule has 30 heavy (non-hydrogen) atoms. The molecular weight excluding hydrogens is 389 g/mol. The number of hydrogen-bond acceptors (Lipinski definition) is 6. The minimum atomic E-state index is -0.795. The van der Waals surface area contributed by atoms with Crippen molar-refractivity contribution >= 4 is 28.8 Å². The summed E-state index contributed by atoms with van der Waals surface area (Å²) in [5, 5.41) is 3.99. The van der Waals surface area contributed by atoms with Crippen LogP contribution < -0.4 is 10.6 Å². The van der Waals surface area contributed by atoms with Gasteiger partial charge >= 0.3 is 0 Å². The van der Waals surface area contributed by atoms with Gasteiger partial charge in [0, 0.05) is 18.7 Å². The summed E-state index contributed by atoms with van der Waals surface area (Å²) in [4.78, 5) is 26.1. The second-order valence-electron chi connectivity index (χ2n) is 8.64. The lowest BCUT2D eigenvalue weighted by Gasteiger charge is -2.38. The molecule has 1 saturated heterocycles. The molecule has 2 aromatic rings. The highest BCUT2D eigenvalue weighted by Gasteiger charge is 2.33. The van der Waals surface area contributed by atoms with Crippen molar-refractivity contribution < 1.29 is 23.2 Å².